The number of carbonyl (C=O) groups is 4. The molecule has 6 heterocycles. The Morgan fingerprint density at radius 2 is 0.803 bits per heavy atom. The summed E-state index contributed by atoms with van der Waals surface area (Å²) < 4.78 is 4.79. The Hall–Kier alpha value is -4.12. The number of carbonyl (C=O) groups excluding carboxylic acids is 4. The van der Waals surface area contributed by atoms with Crippen LogP contribution >= 0.6 is 47.0 Å². The number of aryl methyl sites for hydroxylation is 3. The number of piperazine rings is 2. The molecular weight excluding hydrogens is 849 g/mol. The molecule has 2 N–H and O–H groups in total. The fraction of sp³-hybridized carbons (Fsp3) is 0.391. The summed E-state index contributed by atoms with van der Waals surface area (Å²) in [7, 11) is 8.20. The number of thioether (sulfide) groups is 4. The van der Waals surface area contributed by atoms with Crippen LogP contribution in [0.5, 0.6) is 5.75 Å². The number of fused-ring (bicyclic) bond motifs is 8. The molecule has 6 saturated heterocycles. The highest BCUT2D eigenvalue weighted by molar-refractivity contribution is 8.19. The first-order valence-corrected chi connectivity index (χ1v) is 23.6. The molecule has 0 aliphatic carbocycles. The Bertz CT molecular complexity index is 2340. The van der Waals surface area contributed by atoms with Crippen LogP contribution < -0.4 is 4.74 Å². The van der Waals surface area contributed by atoms with Crippen LogP contribution in [0.4, 0.5) is 0 Å². The van der Waals surface area contributed by atoms with E-state index in [-0.39, 0.29) is 32.8 Å². The van der Waals surface area contributed by atoms with Crippen molar-refractivity contribution in [3.63, 3.8) is 0 Å². The van der Waals surface area contributed by atoms with E-state index in [0.717, 1.165) is 51.8 Å². The molecule has 2 unspecified atom stereocenters. The van der Waals surface area contributed by atoms with Gasteiger partial charge in [-0.05, 0) is 65.3 Å². The highest BCUT2D eigenvalue weighted by Gasteiger charge is 2.67. The third kappa shape index (κ3) is 7.13. The van der Waals surface area contributed by atoms with Gasteiger partial charge in [-0.1, -0.05) is 90.5 Å². The van der Waals surface area contributed by atoms with Crippen LogP contribution in [0.15, 0.2) is 97.1 Å². The quantitative estimate of drug-likeness (QED) is 0.177. The number of hydrogen-bond acceptors (Lipinski definition) is 11. The molecule has 10 rings (SSSR count). The van der Waals surface area contributed by atoms with Crippen molar-refractivity contribution in [2.75, 3.05) is 48.5 Å². The summed E-state index contributed by atoms with van der Waals surface area (Å²) in [5.41, 5.74) is 7.13. The number of benzene rings is 4. The third-order valence-corrected chi connectivity index (χ3v) is 19.7. The molecule has 4 amide bonds. The molecule has 0 radical (unpaired) electrons. The maximum atomic E-state index is 14.3. The average Bonchev–Trinajstić information content (AvgIpc) is 3.55. The summed E-state index contributed by atoms with van der Waals surface area (Å²) in [5, 5.41) is 21.3. The van der Waals surface area contributed by atoms with Crippen molar-refractivity contribution in [1.82, 2.24) is 19.6 Å². The van der Waals surface area contributed by atoms with Gasteiger partial charge in [0.15, 0.2) is 19.5 Å². The minimum atomic E-state index is -1.43. The van der Waals surface area contributed by atoms with Crippen LogP contribution in [0.1, 0.15) is 48.1 Å². The van der Waals surface area contributed by atoms with Crippen molar-refractivity contribution in [3.05, 3.63) is 136 Å². The second-order valence-corrected chi connectivity index (χ2v) is 22.3. The van der Waals surface area contributed by atoms with Gasteiger partial charge in [-0.3, -0.25) is 19.2 Å². The monoisotopic (exact) mass is 898 g/mol. The molecule has 0 aromatic heterocycles. The normalized spacial score (nSPS) is 28.7. The van der Waals surface area contributed by atoms with E-state index in [1.807, 2.05) is 79.7 Å². The molecule has 6 aliphatic rings. The maximum Gasteiger partial charge on any atom is 0.262 e. The van der Waals surface area contributed by atoms with Crippen LogP contribution in [0.3, 0.4) is 0 Å². The summed E-state index contributed by atoms with van der Waals surface area (Å²) in [6.07, 6.45) is 2.15. The van der Waals surface area contributed by atoms with Gasteiger partial charge in [-0.2, -0.15) is 0 Å². The Morgan fingerprint density at radius 1 is 0.492 bits per heavy atom. The van der Waals surface area contributed by atoms with Gasteiger partial charge in [0.1, 0.15) is 5.75 Å². The predicted octanol–water partition coefficient (Wildman–Crippen LogP) is 5.86. The van der Waals surface area contributed by atoms with Gasteiger partial charge in [-0.25, -0.2) is 0 Å². The van der Waals surface area contributed by atoms with E-state index in [0.29, 0.717) is 18.6 Å². The molecule has 6 fully saturated rings. The fourth-order valence-corrected chi connectivity index (χ4v) is 16.1. The maximum absolute atomic E-state index is 14.3. The number of hydrogen-bond donors (Lipinski definition) is 2. The number of likely N-dealkylation sites (N-methyl/N-ethyl adjacent to an activating group) is 4. The Balaban J connectivity index is 0.974. The molecule has 6 aliphatic heterocycles. The average molecular weight is 899 g/mol. The first-order valence-electron chi connectivity index (χ1n) is 20.1. The van der Waals surface area contributed by atoms with Crippen LogP contribution in [-0.4, -0.2) is 121 Å². The number of rotatable bonds is 12. The Kier molecular flexibility index (Phi) is 11.8. The van der Waals surface area contributed by atoms with Gasteiger partial charge >= 0.3 is 0 Å². The van der Waals surface area contributed by atoms with Gasteiger partial charge in [0, 0.05) is 41.0 Å². The highest BCUT2D eigenvalue weighted by Crippen LogP contribution is 2.62. The van der Waals surface area contributed by atoms with E-state index in [1.54, 1.807) is 45.1 Å². The van der Waals surface area contributed by atoms with Gasteiger partial charge in [0.25, 0.3) is 23.6 Å². The second kappa shape index (κ2) is 16.5. The minimum absolute atomic E-state index is 0.201. The predicted molar refractivity (Wildman–Crippen MR) is 244 cm³/mol. The summed E-state index contributed by atoms with van der Waals surface area (Å²) in [5.74, 6) is -0.291. The summed E-state index contributed by atoms with van der Waals surface area (Å²) in [4.78, 5) is 57.5. The van der Waals surface area contributed by atoms with Crippen LogP contribution in [0, 0.1) is 6.92 Å². The SMILES string of the molecule is COc1ccc(C2S[C@@]3(CO)C(=O)N(C)[C@@](Cc4ccc(CCc5ccc(C[C@@]67SC(c8ccc(C)cc8)S[C@@](CO)(C(=O)N6C)N(C)C7=O)cc5)cc4)(S2)C(=O)N3C)cc1. The van der Waals surface area contributed by atoms with Gasteiger partial charge in [0.2, 0.25) is 0 Å². The van der Waals surface area contributed by atoms with Gasteiger partial charge < -0.3 is 34.5 Å². The lowest BCUT2D eigenvalue weighted by atomic mass is 9.95. The van der Waals surface area contributed by atoms with Crippen LogP contribution in [0.25, 0.3) is 0 Å². The zero-order valence-corrected chi connectivity index (χ0v) is 38.3. The van der Waals surface area contributed by atoms with E-state index in [2.05, 4.69) is 24.3 Å². The van der Waals surface area contributed by atoms with Crippen molar-refractivity contribution in [2.24, 2.45) is 0 Å². The molecule has 4 bridgehead atoms. The first kappa shape index (κ1) is 43.5. The fourth-order valence-electron chi connectivity index (χ4n) is 8.69. The molecular formula is C46H50N4O7S4. The molecule has 11 nitrogen and oxygen atoms in total. The first-order chi connectivity index (χ1) is 29.2. The highest BCUT2D eigenvalue weighted by atomic mass is 32.2. The molecule has 6 atom stereocenters. The third-order valence-electron chi connectivity index (χ3n) is 12.7. The zero-order valence-electron chi connectivity index (χ0n) is 35.0. The number of ether oxygens (including phenoxy) is 1. The summed E-state index contributed by atoms with van der Waals surface area (Å²) >= 11 is 5.55. The van der Waals surface area contributed by atoms with E-state index in [1.165, 1.54) is 56.8 Å². The van der Waals surface area contributed by atoms with Crippen molar-refractivity contribution in [2.45, 2.75) is 61.3 Å². The van der Waals surface area contributed by atoms with E-state index in [4.69, 9.17) is 4.74 Å². The van der Waals surface area contributed by atoms with E-state index >= 15 is 0 Å². The van der Waals surface area contributed by atoms with E-state index in [9.17, 15) is 29.4 Å². The topological polar surface area (TPSA) is 131 Å². The van der Waals surface area contributed by atoms with Crippen molar-refractivity contribution in [1.29, 1.82) is 0 Å². The Morgan fingerprint density at radius 3 is 1.16 bits per heavy atom. The largest absolute Gasteiger partial charge is 0.497 e. The summed E-state index contributed by atoms with van der Waals surface area (Å²) in [6, 6.07) is 32.2. The number of methoxy groups -OCH3 is 1. The smallest absolute Gasteiger partial charge is 0.262 e. The lowest BCUT2D eigenvalue weighted by Gasteiger charge is -2.50. The second-order valence-electron chi connectivity index (χ2n) is 16.2. The number of nitrogens with zero attached hydrogens (tertiary/aromatic N) is 4. The molecule has 0 spiro atoms. The number of aliphatic hydroxyl groups excluding tert-OH is 2. The standard InChI is InChI=1S/C46H50N4O7S4/c1-29-7-19-34(20-8-29)37-58-43(39(53)49(4)45(27-51,60-37)41(55)47(43)2)25-32-15-11-30(12-16-32)9-10-31-13-17-33(18-14-31)26-44-40(54)50(5)46(28-52,42(56)48(44)3)61-38(59-44)35-21-23-36(57-6)24-22-35/h7-8,11-24,37-38,51-52H,9-10,25-28H2,1-6H3/t37?,38?,43-,44-,45-,46-/m0/s1. The number of amides is 4. The molecule has 320 valence electrons. The van der Waals surface area contributed by atoms with Crippen molar-refractivity contribution >= 4 is 70.7 Å². The van der Waals surface area contributed by atoms with Crippen LogP contribution in [0.2, 0.25) is 0 Å². The molecule has 0 saturated carbocycles. The summed E-state index contributed by atoms with van der Waals surface area (Å²) in [6.45, 7) is 1.04. The Labute approximate surface area is 373 Å². The molecule has 4 aromatic rings. The van der Waals surface area contributed by atoms with Crippen LogP contribution in [-0.2, 0) is 44.9 Å². The van der Waals surface area contributed by atoms with E-state index < -0.39 is 32.7 Å². The van der Waals surface area contributed by atoms with Gasteiger partial charge in [-0.15, -0.1) is 47.0 Å². The lowest BCUT2D eigenvalue weighted by molar-refractivity contribution is -0.164. The van der Waals surface area contributed by atoms with Crippen molar-refractivity contribution in [3.8, 4) is 5.75 Å². The molecule has 15 heteroatoms. The lowest BCUT2D eigenvalue weighted by Crippen LogP contribution is -2.73. The minimum Gasteiger partial charge on any atom is -0.497 e. The molecule has 61 heavy (non-hydrogen) atoms. The zero-order chi connectivity index (χ0) is 43.5. The van der Waals surface area contributed by atoms with Crippen molar-refractivity contribution < 1.29 is 34.1 Å². The van der Waals surface area contributed by atoms with Gasteiger partial charge in [0.05, 0.1) is 29.5 Å². The number of aliphatic hydroxyl groups is 2. The molecule has 4 aromatic carbocycles.